The number of benzene rings is 1. The van der Waals surface area contributed by atoms with Crippen LogP contribution in [0.25, 0.3) is 0 Å². The lowest BCUT2D eigenvalue weighted by atomic mass is 9.71. The topological polar surface area (TPSA) is 12.5 Å². The molecule has 1 spiro atoms. The maximum absolute atomic E-state index is 6.51. The van der Waals surface area contributed by atoms with Crippen molar-refractivity contribution in [2.24, 2.45) is 5.92 Å². The molecule has 0 aromatic heterocycles. The van der Waals surface area contributed by atoms with Crippen LogP contribution in [-0.4, -0.2) is 31.1 Å². The molecule has 0 N–H and O–H groups in total. The minimum atomic E-state index is 0. The third-order valence-corrected chi connectivity index (χ3v) is 5.57. The van der Waals surface area contributed by atoms with Gasteiger partial charge in [0.15, 0.2) is 0 Å². The summed E-state index contributed by atoms with van der Waals surface area (Å²) in [4.78, 5) is 2.30. The van der Waals surface area contributed by atoms with Crippen LogP contribution in [0.1, 0.15) is 37.7 Å². The second kappa shape index (κ2) is 7.05. The molecule has 1 saturated carbocycles. The number of nitrogens with zero attached hydrogens (tertiary/aromatic N) is 1. The number of fused-ring (bicyclic) bond motifs is 1. The van der Waals surface area contributed by atoms with Gasteiger partial charge in [-0.05, 0) is 92.7 Å². The van der Waals surface area contributed by atoms with Gasteiger partial charge < -0.3 is 9.64 Å². The van der Waals surface area contributed by atoms with Crippen LogP contribution in [0.3, 0.4) is 0 Å². The molecule has 21 heavy (non-hydrogen) atoms. The highest BCUT2D eigenvalue weighted by Crippen LogP contribution is 2.47. The maximum Gasteiger partial charge on any atom is 0.123 e. The molecule has 0 amide bonds. The van der Waals surface area contributed by atoms with Crippen LogP contribution in [0.2, 0.25) is 0 Å². The summed E-state index contributed by atoms with van der Waals surface area (Å²) in [6, 6.07) is 6.64. The van der Waals surface area contributed by atoms with Crippen LogP contribution in [0.5, 0.6) is 5.75 Å². The van der Waals surface area contributed by atoms with E-state index in [0.29, 0.717) is 5.92 Å². The van der Waals surface area contributed by atoms with Crippen molar-refractivity contribution in [1.29, 1.82) is 0 Å². The minimum absolute atomic E-state index is 0. The summed E-state index contributed by atoms with van der Waals surface area (Å²) in [7, 11) is 4.34. The molecule has 3 rings (SSSR count). The first-order valence-electron chi connectivity index (χ1n) is 7.71. The van der Waals surface area contributed by atoms with Crippen LogP contribution in [0.4, 0.5) is 0 Å². The fourth-order valence-electron chi connectivity index (χ4n) is 3.83. The second-order valence-electron chi connectivity index (χ2n) is 6.63. The molecule has 118 valence electrons. The van der Waals surface area contributed by atoms with Crippen molar-refractivity contribution in [1.82, 2.24) is 4.90 Å². The molecule has 0 radical (unpaired) electrons. The summed E-state index contributed by atoms with van der Waals surface area (Å²) in [6.45, 7) is 1.17. The molecular formula is C17H25ClINO. The van der Waals surface area contributed by atoms with E-state index in [1.54, 1.807) is 0 Å². The lowest BCUT2D eigenvalue weighted by Crippen LogP contribution is -2.46. The third kappa shape index (κ3) is 3.67. The molecule has 2 atom stereocenters. The van der Waals surface area contributed by atoms with Crippen LogP contribution in [-0.2, 0) is 6.42 Å². The van der Waals surface area contributed by atoms with E-state index in [1.807, 2.05) is 0 Å². The Kier molecular flexibility index (Phi) is 5.83. The molecule has 2 nitrogen and oxygen atoms in total. The Morgan fingerprint density at radius 1 is 1.33 bits per heavy atom. The zero-order chi connectivity index (χ0) is 14.2. The van der Waals surface area contributed by atoms with Crippen LogP contribution in [0.15, 0.2) is 18.2 Å². The number of halogens is 2. The van der Waals surface area contributed by atoms with Gasteiger partial charge in [0.05, 0.1) is 0 Å². The van der Waals surface area contributed by atoms with Crippen LogP contribution >= 0.6 is 35.0 Å². The van der Waals surface area contributed by atoms with E-state index in [4.69, 9.17) is 4.74 Å². The van der Waals surface area contributed by atoms with Gasteiger partial charge in [-0.1, -0.05) is 6.42 Å². The first kappa shape index (κ1) is 17.4. The number of hydrogen-bond acceptors (Lipinski definition) is 2. The molecule has 1 aliphatic carbocycles. The van der Waals surface area contributed by atoms with Gasteiger partial charge in [-0.25, -0.2) is 0 Å². The normalized spacial score (nSPS) is 27.3. The van der Waals surface area contributed by atoms with Gasteiger partial charge in [-0.2, -0.15) is 0 Å². The Morgan fingerprint density at radius 3 is 2.90 bits per heavy atom. The molecule has 0 bridgehead atoms. The van der Waals surface area contributed by atoms with E-state index in [9.17, 15) is 0 Å². The monoisotopic (exact) mass is 421 g/mol. The Morgan fingerprint density at radius 2 is 2.14 bits per heavy atom. The van der Waals surface area contributed by atoms with Crippen molar-refractivity contribution in [2.75, 3.05) is 20.6 Å². The average Bonchev–Trinajstić information content (AvgIpc) is 2.75. The Bertz CT molecular complexity index is 494. The summed E-state index contributed by atoms with van der Waals surface area (Å²) in [5, 5.41) is 0. The molecule has 1 aromatic rings. The lowest BCUT2D eigenvalue weighted by molar-refractivity contribution is -0.0111. The minimum Gasteiger partial charge on any atom is -0.486 e. The summed E-state index contributed by atoms with van der Waals surface area (Å²) in [5.41, 5.74) is 1.52. The molecule has 2 aliphatic rings. The van der Waals surface area contributed by atoms with E-state index in [0.717, 1.165) is 12.2 Å². The highest BCUT2D eigenvalue weighted by Gasteiger charge is 2.46. The Balaban J connectivity index is 0.00000161. The standard InChI is InChI=1S/C17H24INO.ClH/c1-19(2)10-8-14-5-3-4-9-17(14)12-13-11-15(18)6-7-16(13)20-17;/h6-7,11,14H,3-5,8-10,12H2,1-2H3;1H/t14-,17+;/m1./s1. The first-order chi connectivity index (χ1) is 9.59. The molecule has 1 aliphatic heterocycles. The molecule has 4 heteroatoms. The van der Waals surface area contributed by atoms with E-state index in [2.05, 4.69) is 59.8 Å². The Hall–Kier alpha value is -0.000000000000000111. The van der Waals surface area contributed by atoms with Crippen molar-refractivity contribution < 1.29 is 4.74 Å². The summed E-state index contributed by atoms with van der Waals surface area (Å²) in [6.07, 6.45) is 7.64. The highest BCUT2D eigenvalue weighted by molar-refractivity contribution is 14.1. The highest BCUT2D eigenvalue weighted by atomic mass is 127. The van der Waals surface area contributed by atoms with Crippen LogP contribution in [0, 0.1) is 9.49 Å². The molecule has 0 saturated heterocycles. The van der Waals surface area contributed by atoms with Crippen molar-refractivity contribution in [3.63, 3.8) is 0 Å². The molecular weight excluding hydrogens is 397 g/mol. The molecule has 1 heterocycles. The lowest BCUT2D eigenvalue weighted by Gasteiger charge is -2.41. The molecule has 1 fully saturated rings. The largest absolute Gasteiger partial charge is 0.486 e. The summed E-state index contributed by atoms with van der Waals surface area (Å²) >= 11 is 2.40. The fraction of sp³-hybridized carbons (Fsp3) is 0.647. The number of hydrogen-bond donors (Lipinski definition) is 0. The summed E-state index contributed by atoms with van der Waals surface area (Å²) in [5.74, 6) is 1.85. The summed E-state index contributed by atoms with van der Waals surface area (Å²) < 4.78 is 7.84. The average molecular weight is 422 g/mol. The smallest absolute Gasteiger partial charge is 0.123 e. The van der Waals surface area contributed by atoms with E-state index < -0.39 is 0 Å². The van der Waals surface area contributed by atoms with E-state index in [1.165, 1.54) is 47.8 Å². The van der Waals surface area contributed by atoms with Gasteiger partial charge in [0.1, 0.15) is 11.4 Å². The SMILES string of the molecule is CN(C)CC[C@H]1CCCC[C@]12Cc1cc(I)ccc1O2.Cl. The van der Waals surface area contributed by atoms with Crippen molar-refractivity contribution in [2.45, 2.75) is 44.1 Å². The Labute approximate surface area is 148 Å². The fourth-order valence-corrected chi connectivity index (χ4v) is 4.39. The number of rotatable bonds is 3. The van der Waals surface area contributed by atoms with Gasteiger partial charge >= 0.3 is 0 Å². The van der Waals surface area contributed by atoms with Crippen molar-refractivity contribution >= 4 is 35.0 Å². The zero-order valence-electron chi connectivity index (χ0n) is 12.9. The molecule has 0 unspecified atom stereocenters. The van der Waals surface area contributed by atoms with Gasteiger partial charge in [0.2, 0.25) is 0 Å². The third-order valence-electron chi connectivity index (χ3n) is 4.90. The second-order valence-corrected chi connectivity index (χ2v) is 7.88. The van der Waals surface area contributed by atoms with Crippen LogP contribution < -0.4 is 4.74 Å². The van der Waals surface area contributed by atoms with Crippen molar-refractivity contribution in [3.05, 3.63) is 27.3 Å². The van der Waals surface area contributed by atoms with Crippen molar-refractivity contribution in [3.8, 4) is 5.75 Å². The number of ether oxygens (including phenoxy) is 1. The predicted octanol–water partition coefficient (Wildman–Crippen LogP) is 4.53. The first-order valence-corrected chi connectivity index (χ1v) is 8.79. The zero-order valence-corrected chi connectivity index (χ0v) is 15.9. The van der Waals surface area contributed by atoms with Gasteiger partial charge in [-0.15, -0.1) is 12.4 Å². The quantitative estimate of drug-likeness (QED) is 0.665. The van der Waals surface area contributed by atoms with Gasteiger partial charge in [0, 0.05) is 15.9 Å². The maximum atomic E-state index is 6.51. The van der Waals surface area contributed by atoms with Gasteiger partial charge in [0.25, 0.3) is 0 Å². The van der Waals surface area contributed by atoms with Gasteiger partial charge in [-0.3, -0.25) is 0 Å². The predicted molar refractivity (Wildman–Crippen MR) is 98.6 cm³/mol. The molecule has 1 aromatic carbocycles. The van der Waals surface area contributed by atoms with E-state index in [-0.39, 0.29) is 18.0 Å². The van der Waals surface area contributed by atoms with E-state index >= 15 is 0 Å².